The molecule has 0 aliphatic rings. The number of fused-ring (bicyclic) bond motifs is 1. The first-order valence-electron chi connectivity index (χ1n) is 8.16. The minimum absolute atomic E-state index is 0.0773. The summed E-state index contributed by atoms with van der Waals surface area (Å²) in [6.07, 6.45) is 2.62. The van der Waals surface area contributed by atoms with Gasteiger partial charge in [-0.1, -0.05) is 12.1 Å². The van der Waals surface area contributed by atoms with Crippen molar-refractivity contribution in [2.75, 3.05) is 0 Å². The predicted molar refractivity (Wildman–Crippen MR) is 97.4 cm³/mol. The number of carbonyl (C=O) groups is 1. The molecule has 0 aliphatic carbocycles. The summed E-state index contributed by atoms with van der Waals surface area (Å²) in [6.45, 7) is 1.93. The second-order valence-electron chi connectivity index (χ2n) is 5.87. The van der Waals surface area contributed by atoms with Gasteiger partial charge >= 0.3 is 5.97 Å². The lowest BCUT2D eigenvalue weighted by Gasteiger charge is -2.07. The van der Waals surface area contributed by atoms with Crippen LogP contribution in [0.5, 0.6) is 17.2 Å². The van der Waals surface area contributed by atoms with Crippen LogP contribution in [0.4, 0.5) is 0 Å². The SMILES string of the molecule is Cc1cccc(Oc2coc3cc(OC(=O)c4ccco4)ccc3c2=O)c1. The van der Waals surface area contributed by atoms with Gasteiger partial charge in [-0.3, -0.25) is 4.79 Å². The quantitative estimate of drug-likeness (QED) is 0.386. The maximum atomic E-state index is 12.6. The van der Waals surface area contributed by atoms with Crippen LogP contribution in [-0.2, 0) is 0 Å². The summed E-state index contributed by atoms with van der Waals surface area (Å²) in [5.74, 6) is 0.304. The first-order valence-corrected chi connectivity index (χ1v) is 8.16. The Bertz CT molecular complexity index is 1170. The fourth-order valence-corrected chi connectivity index (χ4v) is 2.58. The lowest BCUT2D eigenvalue weighted by molar-refractivity contribution is 0.0701. The summed E-state index contributed by atoms with van der Waals surface area (Å²) < 4.78 is 21.3. The maximum Gasteiger partial charge on any atom is 0.379 e. The molecule has 27 heavy (non-hydrogen) atoms. The molecule has 4 aromatic rings. The van der Waals surface area contributed by atoms with Gasteiger partial charge in [-0.25, -0.2) is 4.79 Å². The highest BCUT2D eigenvalue weighted by Gasteiger charge is 2.14. The Morgan fingerprint density at radius 2 is 1.85 bits per heavy atom. The molecule has 6 nitrogen and oxygen atoms in total. The normalized spacial score (nSPS) is 10.7. The molecule has 4 rings (SSSR count). The van der Waals surface area contributed by atoms with Crippen molar-refractivity contribution >= 4 is 16.9 Å². The van der Waals surface area contributed by atoms with Crippen molar-refractivity contribution in [1.29, 1.82) is 0 Å². The number of carbonyl (C=O) groups excluding carboxylic acids is 1. The van der Waals surface area contributed by atoms with E-state index >= 15 is 0 Å². The van der Waals surface area contributed by atoms with Gasteiger partial charge in [0.25, 0.3) is 0 Å². The van der Waals surface area contributed by atoms with Crippen molar-refractivity contribution in [3.05, 3.63) is 88.7 Å². The second kappa shape index (κ2) is 6.84. The molecule has 0 atom stereocenters. The van der Waals surface area contributed by atoms with E-state index in [1.165, 1.54) is 36.8 Å². The number of esters is 1. The summed E-state index contributed by atoms with van der Waals surface area (Å²) in [5, 5.41) is 0.318. The van der Waals surface area contributed by atoms with Gasteiger partial charge in [-0.05, 0) is 48.9 Å². The number of rotatable bonds is 4. The third kappa shape index (κ3) is 3.46. The highest BCUT2D eigenvalue weighted by molar-refractivity contribution is 5.89. The molecule has 0 unspecified atom stereocenters. The molecule has 2 aromatic carbocycles. The van der Waals surface area contributed by atoms with Crippen LogP contribution >= 0.6 is 0 Å². The Morgan fingerprint density at radius 3 is 2.63 bits per heavy atom. The standard InChI is InChI=1S/C21H14O6/c1-13-4-2-5-14(10-13)26-19-12-25-18-11-15(7-8-16(18)20(19)22)27-21(23)17-6-3-9-24-17/h2-12H,1H3. The fourth-order valence-electron chi connectivity index (χ4n) is 2.58. The summed E-state index contributed by atoms with van der Waals surface area (Å²) in [7, 11) is 0. The zero-order chi connectivity index (χ0) is 18.8. The van der Waals surface area contributed by atoms with Gasteiger partial charge in [-0.15, -0.1) is 0 Å². The number of hydrogen-bond donors (Lipinski definition) is 0. The fraction of sp³-hybridized carbons (Fsp3) is 0.0476. The van der Waals surface area contributed by atoms with Crippen molar-refractivity contribution in [3.8, 4) is 17.2 Å². The van der Waals surface area contributed by atoms with Crippen LogP contribution in [0.25, 0.3) is 11.0 Å². The molecular formula is C21H14O6. The molecule has 2 aromatic heterocycles. The second-order valence-corrected chi connectivity index (χ2v) is 5.87. The van der Waals surface area contributed by atoms with Gasteiger partial charge < -0.3 is 18.3 Å². The average Bonchev–Trinajstić information content (AvgIpc) is 3.19. The Hall–Kier alpha value is -3.80. The molecule has 6 heteroatoms. The van der Waals surface area contributed by atoms with Crippen molar-refractivity contribution in [2.45, 2.75) is 6.92 Å². The van der Waals surface area contributed by atoms with Crippen LogP contribution in [-0.4, -0.2) is 5.97 Å². The van der Waals surface area contributed by atoms with E-state index in [0.29, 0.717) is 11.1 Å². The van der Waals surface area contributed by atoms with Crippen LogP contribution in [0.2, 0.25) is 0 Å². The molecule has 0 N–H and O–H groups in total. The first kappa shape index (κ1) is 16.7. The molecule has 134 valence electrons. The number of ether oxygens (including phenoxy) is 2. The average molecular weight is 362 g/mol. The van der Waals surface area contributed by atoms with E-state index in [1.807, 2.05) is 25.1 Å². The minimum atomic E-state index is -0.638. The van der Waals surface area contributed by atoms with Crippen molar-refractivity contribution in [2.24, 2.45) is 0 Å². The lowest BCUT2D eigenvalue weighted by Crippen LogP contribution is -2.08. The summed E-state index contributed by atoms with van der Waals surface area (Å²) in [6, 6.07) is 14.9. The number of aryl methyl sites for hydroxylation is 1. The molecule has 0 spiro atoms. The minimum Gasteiger partial charge on any atom is -0.460 e. The largest absolute Gasteiger partial charge is 0.460 e. The van der Waals surface area contributed by atoms with Gasteiger partial charge in [0.15, 0.2) is 0 Å². The van der Waals surface area contributed by atoms with Crippen LogP contribution in [0.1, 0.15) is 16.1 Å². The monoisotopic (exact) mass is 362 g/mol. The topological polar surface area (TPSA) is 78.9 Å². The zero-order valence-electron chi connectivity index (χ0n) is 14.3. The van der Waals surface area contributed by atoms with Crippen LogP contribution in [0.15, 0.2) is 80.8 Å². The van der Waals surface area contributed by atoms with Gasteiger partial charge in [0.05, 0.1) is 11.6 Å². The third-order valence-electron chi connectivity index (χ3n) is 3.86. The molecule has 0 amide bonds. The van der Waals surface area contributed by atoms with E-state index in [9.17, 15) is 9.59 Å². The van der Waals surface area contributed by atoms with E-state index in [1.54, 1.807) is 12.1 Å². The van der Waals surface area contributed by atoms with E-state index in [-0.39, 0.29) is 28.3 Å². The van der Waals surface area contributed by atoms with Gasteiger partial charge in [0.2, 0.25) is 16.9 Å². The molecule has 0 saturated heterocycles. The van der Waals surface area contributed by atoms with E-state index < -0.39 is 5.97 Å². The predicted octanol–water partition coefficient (Wildman–Crippen LogP) is 4.71. The van der Waals surface area contributed by atoms with Crippen molar-refractivity contribution < 1.29 is 23.1 Å². The Balaban J connectivity index is 1.62. The summed E-state index contributed by atoms with van der Waals surface area (Å²) >= 11 is 0. The van der Waals surface area contributed by atoms with Gasteiger partial charge in [0.1, 0.15) is 23.3 Å². The Kier molecular flexibility index (Phi) is 4.22. The summed E-state index contributed by atoms with van der Waals surface area (Å²) in [5.41, 5.74) is 0.976. The van der Waals surface area contributed by atoms with Gasteiger partial charge in [-0.2, -0.15) is 0 Å². The molecular weight excluding hydrogens is 348 g/mol. The van der Waals surface area contributed by atoms with Crippen LogP contribution in [0, 0.1) is 6.92 Å². The van der Waals surface area contributed by atoms with E-state index in [2.05, 4.69) is 0 Å². The van der Waals surface area contributed by atoms with E-state index in [4.69, 9.17) is 18.3 Å². The molecule has 0 radical (unpaired) electrons. The number of hydrogen-bond acceptors (Lipinski definition) is 6. The number of benzene rings is 2. The molecule has 0 fully saturated rings. The third-order valence-corrected chi connectivity index (χ3v) is 3.86. The maximum absolute atomic E-state index is 12.6. The van der Waals surface area contributed by atoms with Gasteiger partial charge in [0, 0.05) is 6.07 Å². The van der Waals surface area contributed by atoms with Crippen molar-refractivity contribution in [1.82, 2.24) is 0 Å². The zero-order valence-corrected chi connectivity index (χ0v) is 14.3. The first-order chi connectivity index (χ1) is 13.1. The van der Waals surface area contributed by atoms with Crippen LogP contribution in [0.3, 0.4) is 0 Å². The summed E-state index contributed by atoms with van der Waals surface area (Å²) in [4.78, 5) is 24.6. The smallest absolute Gasteiger partial charge is 0.379 e. The highest BCUT2D eigenvalue weighted by atomic mass is 16.5. The number of furan rings is 1. The molecule has 2 heterocycles. The Morgan fingerprint density at radius 1 is 0.963 bits per heavy atom. The van der Waals surface area contributed by atoms with Crippen molar-refractivity contribution in [3.63, 3.8) is 0 Å². The lowest BCUT2D eigenvalue weighted by atomic mass is 10.2. The molecule has 0 aliphatic heterocycles. The molecule has 0 saturated carbocycles. The van der Waals surface area contributed by atoms with Crippen LogP contribution < -0.4 is 14.9 Å². The molecule has 0 bridgehead atoms. The Labute approximate surface area is 153 Å². The van der Waals surface area contributed by atoms with E-state index in [0.717, 1.165) is 5.56 Å². The highest BCUT2D eigenvalue weighted by Crippen LogP contribution is 2.25.